The van der Waals surface area contributed by atoms with E-state index in [9.17, 15) is 4.79 Å². The zero-order chi connectivity index (χ0) is 28.9. The lowest BCUT2D eigenvalue weighted by Gasteiger charge is -2.17. The van der Waals surface area contributed by atoms with E-state index in [1.807, 2.05) is 36.4 Å². The van der Waals surface area contributed by atoms with Crippen LogP contribution in [0.15, 0.2) is 71.3 Å². The Labute approximate surface area is 241 Å². The fourth-order valence-corrected chi connectivity index (χ4v) is 4.69. The summed E-state index contributed by atoms with van der Waals surface area (Å²) in [4.78, 5) is 15.9. The molecule has 0 aliphatic carbocycles. The van der Waals surface area contributed by atoms with Gasteiger partial charge in [-0.1, -0.05) is 23.4 Å². The SMILES string of the molecule is COc1ccc(-c2cnnn2-c2cc(OC)c(OC)c(OC)c2)cc1NC(=O)C(Cc1cc2ccccc2o1)NCl. The quantitative estimate of drug-likeness (QED) is 0.209. The lowest BCUT2D eigenvalue weighted by molar-refractivity contribution is -0.117. The first kappa shape index (κ1) is 27.8. The average molecular weight is 578 g/mol. The molecule has 0 fully saturated rings. The van der Waals surface area contributed by atoms with Crippen LogP contribution < -0.4 is 29.1 Å². The molecule has 212 valence electrons. The third-order valence-electron chi connectivity index (χ3n) is 6.53. The van der Waals surface area contributed by atoms with Crippen LogP contribution in [-0.2, 0) is 11.2 Å². The summed E-state index contributed by atoms with van der Waals surface area (Å²) in [7, 11) is 6.14. The van der Waals surface area contributed by atoms with Gasteiger partial charge in [0.2, 0.25) is 11.7 Å². The number of furan rings is 1. The first-order chi connectivity index (χ1) is 20.0. The molecule has 41 heavy (non-hydrogen) atoms. The number of methoxy groups -OCH3 is 4. The van der Waals surface area contributed by atoms with Crippen LogP contribution >= 0.6 is 11.8 Å². The molecule has 3 aromatic carbocycles. The predicted molar refractivity (Wildman–Crippen MR) is 154 cm³/mol. The van der Waals surface area contributed by atoms with E-state index in [1.165, 1.54) is 14.2 Å². The Morgan fingerprint density at radius 1 is 0.951 bits per heavy atom. The molecular weight excluding hydrogens is 550 g/mol. The molecule has 0 saturated heterocycles. The first-order valence-corrected chi connectivity index (χ1v) is 12.9. The minimum absolute atomic E-state index is 0.240. The number of amides is 1. The van der Waals surface area contributed by atoms with Crippen molar-refractivity contribution in [3.05, 3.63) is 72.6 Å². The van der Waals surface area contributed by atoms with Gasteiger partial charge in [0.15, 0.2) is 11.5 Å². The molecule has 0 radical (unpaired) electrons. The summed E-state index contributed by atoms with van der Waals surface area (Å²) < 4.78 is 29.4. The zero-order valence-corrected chi connectivity index (χ0v) is 23.6. The Hall–Kier alpha value is -4.74. The number of carbonyl (C=O) groups excluding carboxylic acids is 1. The van der Waals surface area contributed by atoms with Gasteiger partial charge in [-0.05, 0) is 42.1 Å². The summed E-state index contributed by atoms with van der Waals surface area (Å²) in [6, 6.07) is 17.6. The third kappa shape index (κ3) is 5.63. The third-order valence-corrected chi connectivity index (χ3v) is 6.79. The highest BCUT2D eigenvalue weighted by Gasteiger charge is 2.23. The molecule has 1 unspecified atom stereocenters. The summed E-state index contributed by atoms with van der Waals surface area (Å²) in [6.07, 6.45) is 1.85. The number of para-hydroxylation sites is 1. The van der Waals surface area contributed by atoms with E-state index in [0.29, 0.717) is 51.4 Å². The molecule has 1 amide bonds. The molecule has 5 aromatic rings. The van der Waals surface area contributed by atoms with E-state index in [4.69, 9.17) is 35.1 Å². The number of hydrogen-bond acceptors (Lipinski definition) is 9. The van der Waals surface area contributed by atoms with Crippen LogP contribution in [0.3, 0.4) is 0 Å². The van der Waals surface area contributed by atoms with Gasteiger partial charge in [-0.2, -0.15) is 0 Å². The summed E-state index contributed by atoms with van der Waals surface area (Å²) in [5, 5.41) is 12.2. The van der Waals surface area contributed by atoms with Crippen molar-refractivity contribution in [2.45, 2.75) is 12.5 Å². The number of benzene rings is 3. The lowest BCUT2D eigenvalue weighted by Crippen LogP contribution is -2.37. The molecule has 0 bridgehead atoms. The second-order valence-corrected chi connectivity index (χ2v) is 9.15. The van der Waals surface area contributed by atoms with Crippen molar-refractivity contribution in [3.63, 3.8) is 0 Å². The van der Waals surface area contributed by atoms with Gasteiger partial charge in [-0.3, -0.25) is 4.79 Å². The second-order valence-electron chi connectivity index (χ2n) is 8.94. The van der Waals surface area contributed by atoms with Crippen molar-refractivity contribution in [3.8, 4) is 39.9 Å². The molecule has 1 atom stereocenters. The van der Waals surface area contributed by atoms with E-state index in [-0.39, 0.29) is 12.3 Å². The molecule has 0 aliphatic rings. The standard InChI is InChI=1S/C29H28ClN5O6/c1-37-25-10-9-17(23-16-31-34-35(23)19-13-26(38-2)28(40-4)27(14-19)39-3)12-21(25)32-29(36)22(33-30)15-20-11-18-7-5-6-8-24(18)41-20/h5-14,16,22,33H,15H2,1-4H3,(H,32,36). The van der Waals surface area contributed by atoms with E-state index >= 15 is 0 Å². The van der Waals surface area contributed by atoms with Gasteiger partial charge in [-0.25, -0.2) is 9.52 Å². The predicted octanol–water partition coefficient (Wildman–Crippen LogP) is 5.01. The van der Waals surface area contributed by atoms with Crippen molar-refractivity contribution in [2.24, 2.45) is 0 Å². The number of halogens is 1. The largest absolute Gasteiger partial charge is 0.495 e. The molecule has 12 heteroatoms. The molecule has 2 aromatic heterocycles. The normalized spacial score (nSPS) is 11.7. The summed E-state index contributed by atoms with van der Waals surface area (Å²) >= 11 is 5.99. The van der Waals surface area contributed by atoms with Gasteiger partial charge in [0.25, 0.3) is 0 Å². The highest BCUT2D eigenvalue weighted by atomic mass is 35.5. The van der Waals surface area contributed by atoms with Crippen molar-refractivity contribution < 1.29 is 28.2 Å². The van der Waals surface area contributed by atoms with Gasteiger partial charge < -0.3 is 28.7 Å². The second kappa shape index (κ2) is 12.2. The van der Waals surface area contributed by atoms with Crippen LogP contribution in [-0.4, -0.2) is 55.4 Å². The number of rotatable bonds is 11. The minimum atomic E-state index is -0.781. The summed E-state index contributed by atoms with van der Waals surface area (Å²) in [6.45, 7) is 0. The Morgan fingerprint density at radius 2 is 1.68 bits per heavy atom. The van der Waals surface area contributed by atoms with Gasteiger partial charge in [0.1, 0.15) is 23.1 Å². The van der Waals surface area contributed by atoms with Gasteiger partial charge in [-0.15, -0.1) is 5.10 Å². The fourth-order valence-electron chi connectivity index (χ4n) is 4.52. The molecule has 0 saturated carbocycles. The van der Waals surface area contributed by atoms with Crippen molar-refractivity contribution in [1.29, 1.82) is 0 Å². The average Bonchev–Trinajstić information content (AvgIpc) is 3.66. The Kier molecular flexibility index (Phi) is 8.27. The maximum Gasteiger partial charge on any atom is 0.243 e. The number of nitrogens with zero attached hydrogens (tertiary/aromatic N) is 3. The van der Waals surface area contributed by atoms with Gasteiger partial charge in [0.05, 0.1) is 51.7 Å². The minimum Gasteiger partial charge on any atom is -0.495 e. The van der Waals surface area contributed by atoms with E-state index in [1.54, 1.807) is 49.4 Å². The van der Waals surface area contributed by atoms with E-state index in [2.05, 4.69) is 20.5 Å². The fraction of sp³-hybridized carbons (Fsp3) is 0.207. The van der Waals surface area contributed by atoms with Crippen molar-refractivity contribution in [2.75, 3.05) is 33.8 Å². The van der Waals surface area contributed by atoms with Gasteiger partial charge in [0, 0.05) is 29.5 Å². The first-order valence-electron chi connectivity index (χ1n) is 12.5. The summed E-state index contributed by atoms with van der Waals surface area (Å²) in [5.74, 6) is 2.11. The molecule has 11 nitrogen and oxygen atoms in total. The number of nitrogens with one attached hydrogen (secondary N) is 2. The van der Waals surface area contributed by atoms with Crippen LogP contribution in [0.1, 0.15) is 5.76 Å². The number of anilines is 1. The highest BCUT2D eigenvalue weighted by Crippen LogP contribution is 2.40. The van der Waals surface area contributed by atoms with Crippen molar-refractivity contribution in [1.82, 2.24) is 19.8 Å². The van der Waals surface area contributed by atoms with Crippen LogP contribution in [0, 0.1) is 0 Å². The molecule has 2 N–H and O–H groups in total. The number of fused-ring (bicyclic) bond motifs is 1. The van der Waals surface area contributed by atoms with E-state index in [0.717, 1.165) is 11.0 Å². The molecule has 0 spiro atoms. The lowest BCUT2D eigenvalue weighted by atomic mass is 10.1. The molecule has 0 aliphatic heterocycles. The van der Waals surface area contributed by atoms with E-state index < -0.39 is 6.04 Å². The van der Waals surface area contributed by atoms with Gasteiger partial charge >= 0.3 is 0 Å². The van der Waals surface area contributed by atoms with Crippen molar-refractivity contribution >= 4 is 34.3 Å². The molecule has 5 rings (SSSR count). The molecular formula is C29H28ClN5O6. The highest BCUT2D eigenvalue weighted by molar-refractivity contribution is 6.15. The number of hydrogen-bond donors (Lipinski definition) is 2. The maximum absolute atomic E-state index is 13.3. The zero-order valence-electron chi connectivity index (χ0n) is 22.8. The Balaban J connectivity index is 1.44. The number of carbonyl (C=O) groups is 1. The van der Waals surface area contributed by atoms with Crippen LogP contribution in [0.5, 0.6) is 23.0 Å². The maximum atomic E-state index is 13.3. The Morgan fingerprint density at radius 3 is 2.34 bits per heavy atom. The molecule has 2 heterocycles. The topological polar surface area (TPSA) is 122 Å². The number of aromatic nitrogens is 3. The summed E-state index contributed by atoms with van der Waals surface area (Å²) in [5.41, 5.74) is 3.17. The monoisotopic (exact) mass is 577 g/mol. The smallest absolute Gasteiger partial charge is 0.243 e. The number of ether oxygens (including phenoxy) is 4. The van der Waals surface area contributed by atoms with Crippen LogP contribution in [0.25, 0.3) is 27.9 Å². The Bertz CT molecular complexity index is 1630. The van der Waals surface area contributed by atoms with Crippen LogP contribution in [0.4, 0.5) is 5.69 Å². The van der Waals surface area contributed by atoms with Crippen LogP contribution in [0.2, 0.25) is 0 Å².